The van der Waals surface area contributed by atoms with E-state index in [1.807, 2.05) is 6.92 Å². The van der Waals surface area contributed by atoms with Crippen molar-refractivity contribution in [2.24, 2.45) is 5.92 Å². The van der Waals surface area contributed by atoms with Crippen LogP contribution in [0.2, 0.25) is 0 Å². The van der Waals surface area contributed by atoms with Crippen molar-refractivity contribution in [3.63, 3.8) is 0 Å². The number of carbonyl (C=O) groups excluding carboxylic acids is 1. The van der Waals surface area contributed by atoms with Gasteiger partial charge in [0.2, 0.25) is 0 Å². The van der Waals surface area contributed by atoms with Gasteiger partial charge in [0, 0.05) is 12.3 Å². The lowest BCUT2D eigenvalue weighted by Gasteiger charge is -2.07. The molecule has 0 aromatic carbocycles. The van der Waals surface area contributed by atoms with Gasteiger partial charge < -0.3 is 0 Å². The average Bonchev–Trinajstić information content (AvgIpc) is 2.23. The highest BCUT2D eigenvalue weighted by Crippen LogP contribution is 2.17. The summed E-state index contributed by atoms with van der Waals surface area (Å²) in [6.45, 7) is 6.34. The quantitative estimate of drug-likeness (QED) is 0.546. The Kier molecular flexibility index (Phi) is 4.80. The molecule has 0 fully saturated rings. The van der Waals surface area contributed by atoms with Crippen molar-refractivity contribution in [3.8, 4) is 0 Å². The van der Waals surface area contributed by atoms with Gasteiger partial charge in [-0.3, -0.25) is 4.79 Å². The predicted molar refractivity (Wildman–Crippen MR) is 64.8 cm³/mol. The van der Waals surface area contributed by atoms with Crippen LogP contribution in [0.4, 0.5) is 0 Å². The van der Waals surface area contributed by atoms with E-state index in [2.05, 4.69) is 26.0 Å². The molecule has 0 bridgehead atoms. The third-order valence-corrected chi connectivity index (χ3v) is 3.17. The lowest BCUT2D eigenvalue weighted by Crippen LogP contribution is -2.09. The minimum absolute atomic E-state index is 0.200. The van der Waals surface area contributed by atoms with Gasteiger partial charge in [0.25, 0.3) is 0 Å². The Labute approximate surface area is 93.3 Å². The van der Waals surface area contributed by atoms with Crippen LogP contribution in [-0.4, -0.2) is 5.78 Å². The third-order valence-electron chi connectivity index (χ3n) is 3.17. The second-order valence-electron chi connectivity index (χ2n) is 4.74. The van der Waals surface area contributed by atoms with Crippen LogP contribution >= 0.6 is 0 Å². The first-order chi connectivity index (χ1) is 7.09. The average molecular weight is 206 g/mol. The van der Waals surface area contributed by atoms with Crippen LogP contribution in [0.25, 0.3) is 0 Å². The van der Waals surface area contributed by atoms with Gasteiger partial charge in [0.15, 0.2) is 0 Å². The molecular weight excluding hydrogens is 184 g/mol. The fourth-order valence-corrected chi connectivity index (χ4v) is 1.83. The summed E-state index contributed by atoms with van der Waals surface area (Å²) in [5.74, 6) is 0.611. The molecule has 0 aromatic heterocycles. The smallest absolute Gasteiger partial charge is 0.136 e. The molecule has 0 aliphatic heterocycles. The molecule has 0 radical (unpaired) electrons. The Morgan fingerprint density at radius 2 is 1.73 bits per heavy atom. The van der Waals surface area contributed by atoms with Crippen LogP contribution in [0.5, 0.6) is 0 Å². The summed E-state index contributed by atoms with van der Waals surface area (Å²) in [5, 5.41) is 0. The molecule has 0 saturated heterocycles. The van der Waals surface area contributed by atoms with Crippen LogP contribution in [0.3, 0.4) is 0 Å². The van der Waals surface area contributed by atoms with Crippen molar-refractivity contribution >= 4 is 5.78 Å². The zero-order valence-electron chi connectivity index (χ0n) is 10.2. The summed E-state index contributed by atoms with van der Waals surface area (Å²) in [7, 11) is 0. The summed E-state index contributed by atoms with van der Waals surface area (Å²) in [6.07, 6.45) is 9.36. The lowest BCUT2D eigenvalue weighted by molar-refractivity contribution is -0.122. The summed E-state index contributed by atoms with van der Waals surface area (Å²) in [6, 6.07) is 0. The van der Waals surface area contributed by atoms with E-state index in [0.29, 0.717) is 5.78 Å². The van der Waals surface area contributed by atoms with Gasteiger partial charge in [-0.2, -0.15) is 0 Å². The molecule has 0 amide bonds. The predicted octanol–water partition coefficient (Wildman–Crippen LogP) is 4.05. The van der Waals surface area contributed by atoms with Crippen molar-refractivity contribution < 1.29 is 4.79 Å². The molecular formula is C14H22O. The van der Waals surface area contributed by atoms with E-state index in [-0.39, 0.29) is 5.92 Å². The molecule has 1 rings (SSSR count). The Bertz CT molecular complexity index is 284. The van der Waals surface area contributed by atoms with Gasteiger partial charge in [0.1, 0.15) is 5.78 Å². The lowest BCUT2D eigenvalue weighted by atomic mass is 9.97. The van der Waals surface area contributed by atoms with Gasteiger partial charge in [-0.15, -0.1) is 0 Å². The zero-order chi connectivity index (χ0) is 11.3. The second-order valence-corrected chi connectivity index (χ2v) is 4.74. The number of Topliss-reactive ketones (excluding diaryl/α,β-unsaturated/α-hetero) is 1. The first-order valence-corrected chi connectivity index (χ1v) is 5.93. The highest BCUT2D eigenvalue weighted by atomic mass is 16.1. The van der Waals surface area contributed by atoms with E-state index < -0.39 is 0 Å². The van der Waals surface area contributed by atoms with Crippen LogP contribution in [0, 0.1) is 5.92 Å². The van der Waals surface area contributed by atoms with Gasteiger partial charge in [-0.25, -0.2) is 0 Å². The number of rotatable bonds is 0. The summed E-state index contributed by atoms with van der Waals surface area (Å²) >= 11 is 0. The van der Waals surface area contributed by atoms with Gasteiger partial charge in [0.05, 0.1) is 0 Å². The number of allylic oxidation sites excluding steroid dienone is 4. The highest BCUT2D eigenvalue weighted by Gasteiger charge is 2.12. The third kappa shape index (κ3) is 4.46. The van der Waals surface area contributed by atoms with E-state index in [0.717, 1.165) is 32.1 Å². The minimum atomic E-state index is 0.200. The molecule has 0 saturated carbocycles. The Morgan fingerprint density at radius 3 is 2.47 bits per heavy atom. The van der Waals surface area contributed by atoms with E-state index in [1.54, 1.807) is 0 Å². The molecule has 1 aliphatic rings. The van der Waals surface area contributed by atoms with E-state index in [1.165, 1.54) is 11.1 Å². The fraction of sp³-hybridized carbons (Fsp3) is 0.643. The molecule has 1 heteroatoms. The highest BCUT2D eigenvalue weighted by molar-refractivity contribution is 5.81. The monoisotopic (exact) mass is 206 g/mol. The molecule has 1 unspecified atom stereocenters. The normalized spacial score (nSPS) is 25.3. The molecule has 0 aromatic rings. The molecule has 0 N–H and O–H groups in total. The Balaban J connectivity index is 2.70. The van der Waals surface area contributed by atoms with E-state index in [4.69, 9.17) is 0 Å². The SMILES string of the molecule is CC1=CCC(C)C(=O)CCC(C)=CCC1. The number of hydrogen-bond acceptors (Lipinski definition) is 1. The standard InChI is InChI=1S/C14H22O/c1-11-5-4-6-12(2)8-10-14(15)13(3)9-7-11/h6-7,13H,4-5,8-10H2,1-3H3. The Morgan fingerprint density at radius 1 is 1.07 bits per heavy atom. The van der Waals surface area contributed by atoms with Crippen LogP contribution in [0.1, 0.15) is 52.9 Å². The summed E-state index contributed by atoms with van der Waals surface area (Å²) in [5.41, 5.74) is 2.78. The fourth-order valence-electron chi connectivity index (χ4n) is 1.83. The minimum Gasteiger partial charge on any atom is -0.299 e. The van der Waals surface area contributed by atoms with Crippen LogP contribution in [-0.2, 0) is 4.79 Å². The van der Waals surface area contributed by atoms with Gasteiger partial charge in [-0.1, -0.05) is 30.2 Å². The van der Waals surface area contributed by atoms with Crippen LogP contribution < -0.4 is 0 Å². The number of hydrogen-bond donors (Lipinski definition) is 0. The van der Waals surface area contributed by atoms with Crippen molar-refractivity contribution in [1.29, 1.82) is 0 Å². The topological polar surface area (TPSA) is 17.1 Å². The molecule has 1 atom stereocenters. The first kappa shape index (κ1) is 12.2. The van der Waals surface area contributed by atoms with Crippen LogP contribution in [0.15, 0.2) is 23.3 Å². The molecule has 1 nitrogen and oxygen atoms in total. The first-order valence-electron chi connectivity index (χ1n) is 5.93. The molecule has 1 aliphatic carbocycles. The number of ketones is 1. The molecule has 84 valence electrons. The van der Waals surface area contributed by atoms with Gasteiger partial charge >= 0.3 is 0 Å². The second kappa shape index (κ2) is 5.89. The van der Waals surface area contributed by atoms with Crippen molar-refractivity contribution in [1.82, 2.24) is 0 Å². The van der Waals surface area contributed by atoms with E-state index in [9.17, 15) is 4.79 Å². The van der Waals surface area contributed by atoms with Crippen molar-refractivity contribution in [2.45, 2.75) is 52.9 Å². The largest absolute Gasteiger partial charge is 0.299 e. The molecule has 0 spiro atoms. The Hall–Kier alpha value is -0.850. The van der Waals surface area contributed by atoms with Gasteiger partial charge in [-0.05, 0) is 39.5 Å². The summed E-state index contributed by atoms with van der Waals surface area (Å²) in [4.78, 5) is 11.7. The maximum atomic E-state index is 11.7. The maximum Gasteiger partial charge on any atom is 0.136 e. The maximum absolute atomic E-state index is 11.7. The number of carbonyl (C=O) groups is 1. The van der Waals surface area contributed by atoms with E-state index >= 15 is 0 Å². The molecule has 0 heterocycles. The molecule has 15 heavy (non-hydrogen) atoms. The van der Waals surface area contributed by atoms with Crippen molar-refractivity contribution in [2.75, 3.05) is 0 Å². The zero-order valence-corrected chi connectivity index (χ0v) is 10.2. The van der Waals surface area contributed by atoms with Crippen molar-refractivity contribution in [3.05, 3.63) is 23.3 Å². The summed E-state index contributed by atoms with van der Waals surface area (Å²) < 4.78 is 0.